The van der Waals surface area contributed by atoms with Crippen molar-refractivity contribution in [3.05, 3.63) is 66.5 Å². The molecule has 0 saturated heterocycles. The van der Waals surface area contributed by atoms with Gasteiger partial charge < -0.3 is 10.0 Å². The van der Waals surface area contributed by atoms with E-state index in [0.717, 1.165) is 16.5 Å². The Morgan fingerprint density at radius 3 is 2.05 bits per heavy atom. The molecule has 0 amide bonds. The van der Waals surface area contributed by atoms with Crippen molar-refractivity contribution in [2.24, 2.45) is 0 Å². The molecule has 0 radical (unpaired) electrons. The Kier molecular flexibility index (Phi) is 3.26. The third-order valence-corrected chi connectivity index (χ3v) is 3.37. The van der Waals surface area contributed by atoms with Gasteiger partial charge in [0, 0.05) is 10.8 Å². The molecule has 0 saturated carbocycles. The van der Waals surface area contributed by atoms with Crippen LogP contribution in [-0.4, -0.2) is 17.2 Å². The fourth-order valence-corrected chi connectivity index (χ4v) is 2.41. The summed E-state index contributed by atoms with van der Waals surface area (Å²) in [7, 11) is -1.83. The summed E-state index contributed by atoms with van der Waals surface area (Å²) in [6.07, 6.45) is 0. The van der Waals surface area contributed by atoms with E-state index < -0.39 is 12.9 Å². The summed E-state index contributed by atoms with van der Waals surface area (Å²) in [6, 6.07) is 18.0. The highest BCUT2D eigenvalue weighted by Crippen LogP contribution is 2.29. The van der Waals surface area contributed by atoms with Gasteiger partial charge in [-0.2, -0.15) is 0 Å². The first-order valence-corrected chi connectivity index (χ1v) is 6.31. The fourth-order valence-electron chi connectivity index (χ4n) is 2.41. The largest absolute Gasteiger partial charge is 0.491 e. The molecule has 20 heavy (non-hydrogen) atoms. The summed E-state index contributed by atoms with van der Waals surface area (Å²) < 4.78 is 14.3. The van der Waals surface area contributed by atoms with Gasteiger partial charge in [-0.3, -0.25) is 0 Å². The Labute approximate surface area is 116 Å². The Bertz CT molecular complexity index is 757. The second kappa shape index (κ2) is 5.08. The molecule has 4 heteroatoms. The molecule has 0 fully saturated rings. The molecule has 98 valence electrons. The first-order chi connectivity index (χ1) is 9.68. The summed E-state index contributed by atoms with van der Waals surface area (Å²) in [4.78, 5) is 0. The maximum Gasteiger partial charge on any atom is 0.491 e. The minimum atomic E-state index is -1.83. The maximum atomic E-state index is 14.3. The number of fused-ring (bicyclic) bond motifs is 1. The molecule has 3 rings (SSSR count). The molecule has 0 aliphatic heterocycles. The van der Waals surface area contributed by atoms with Crippen molar-refractivity contribution < 1.29 is 14.4 Å². The van der Waals surface area contributed by atoms with Crippen molar-refractivity contribution in [2.75, 3.05) is 0 Å². The molecular weight excluding hydrogens is 254 g/mol. The van der Waals surface area contributed by atoms with Gasteiger partial charge in [-0.1, -0.05) is 60.7 Å². The summed E-state index contributed by atoms with van der Waals surface area (Å²) in [6.45, 7) is 0. The van der Waals surface area contributed by atoms with Crippen LogP contribution >= 0.6 is 0 Å². The number of hydrogen-bond acceptors (Lipinski definition) is 2. The number of halogens is 1. The van der Waals surface area contributed by atoms with Gasteiger partial charge in [-0.05, 0) is 16.5 Å². The summed E-state index contributed by atoms with van der Waals surface area (Å²) >= 11 is 0. The Balaban J connectivity index is 2.39. The van der Waals surface area contributed by atoms with E-state index in [1.807, 2.05) is 42.5 Å². The minimum absolute atomic E-state index is 0.109. The van der Waals surface area contributed by atoms with E-state index in [1.165, 1.54) is 6.07 Å². The van der Waals surface area contributed by atoms with Gasteiger partial charge in [0.15, 0.2) is 0 Å². The van der Waals surface area contributed by atoms with Crippen LogP contribution < -0.4 is 5.46 Å². The predicted octanol–water partition coefficient (Wildman–Crippen LogP) is 2.33. The first kappa shape index (κ1) is 12.8. The van der Waals surface area contributed by atoms with Crippen molar-refractivity contribution in [2.45, 2.75) is 0 Å². The zero-order valence-electron chi connectivity index (χ0n) is 10.6. The monoisotopic (exact) mass is 266 g/mol. The molecule has 0 aliphatic rings. The van der Waals surface area contributed by atoms with E-state index in [4.69, 9.17) is 0 Å². The van der Waals surface area contributed by atoms with E-state index >= 15 is 0 Å². The lowest BCUT2D eigenvalue weighted by Gasteiger charge is -2.12. The van der Waals surface area contributed by atoms with Crippen LogP contribution in [0.3, 0.4) is 0 Å². The molecule has 0 atom stereocenters. The van der Waals surface area contributed by atoms with E-state index in [2.05, 4.69) is 0 Å². The van der Waals surface area contributed by atoms with E-state index in [9.17, 15) is 14.4 Å². The van der Waals surface area contributed by atoms with Crippen molar-refractivity contribution >= 4 is 23.4 Å². The highest BCUT2D eigenvalue weighted by Gasteiger charge is 2.21. The average molecular weight is 266 g/mol. The molecule has 2 N–H and O–H groups in total. The van der Waals surface area contributed by atoms with Crippen LogP contribution in [0.25, 0.3) is 21.9 Å². The van der Waals surface area contributed by atoms with Gasteiger partial charge in [0.1, 0.15) is 5.82 Å². The summed E-state index contributed by atoms with van der Waals surface area (Å²) in [5.74, 6) is -0.588. The number of rotatable bonds is 2. The van der Waals surface area contributed by atoms with Crippen molar-refractivity contribution in [3.8, 4) is 11.1 Å². The van der Waals surface area contributed by atoms with Crippen LogP contribution in [0.4, 0.5) is 4.39 Å². The quantitative estimate of drug-likeness (QED) is 0.699. The van der Waals surface area contributed by atoms with Crippen LogP contribution in [0.1, 0.15) is 0 Å². The molecule has 0 bridgehead atoms. The van der Waals surface area contributed by atoms with Crippen molar-refractivity contribution in [1.29, 1.82) is 0 Å². The lowest BCUT2D eigenvalue weighted by molar-refractivity contribution is 0.423. The van der Waals surface area contributed by atoms with Gasteiger partial charge in [-0.25, -0.2) is 4.39 Å². The van der Waals surface area contributed by atoms with Crippen LogP contribution in [0.5, 0.6) is 0 Å². The Morgan fingerprint density at radius 2 is 1.40 bits per heavy atom. The lowest BCUT2D eigenvalue weighted by Crippen LogP contribution is -2.33. The third kappa shape index (κ3) is 2.09. The SMILES string of the molecule is OB(O)c1cc(-c2ccccc2)c2ccccc2c1F. The molecule has 0 aromatic heterocycles. The van der Waals surface area contributed by atoms with E-state index in [1.54, 1.807) is 12.1 Å². The van der Waals surface area contributed by atoms with Crippen molar-refractivity contribution in [1.82, 2.24) is 0 Å². The summed E-state index contributed by atoms with van der Waals surface area (Å²) in [5.41, 5.74) is 1.58. The Hall–Kier alpha value is -2.17. The highest BCUT2D eigenvalue weighted by atomic mass is 19.1. The van der Waals surface area contributed by atoms with E-state index in [0.29, 0.717) is 5.39 Å². The first-order valence-electron chi connectivity index (χ1n) is 6.31. The topological polar surface area (TPSA) is 40.5 Å². The molecule has 2 nitrogen and oxygen atoms in total. The minimum Gasteiger partial charge on any atom is -0.423 e. The normalized spacial score (nSPS) is 10.8. The van der Waals surface area contributed by atoms with Gasteiger partial charge in [-0.15, -0.1) is 0 Å². The third-order valence-electron chi connectivity index (χ3n) is 3.37. The number of hydrogen-bond donors (Lipinski definition) is 2. The molecule has 0 spiro atoms. The van der Waals surface area contributed by atoms with Crippen LogP contribution in [0, 0.1) is 5.82 Å². The van der Waals surface area contributed by atoms with Crippen LogP contribution in [-0.2, 0) is 0 Å². The smallest absolute Gasteiger partial charge is 0.423 e. The molecule has 0 aliphatic carbocycles. The van der Waals surface area contributed by atoms with Gasteiger partial charge in [0.25, 0.3) is 0 Å². The van der Waals surface area contributed by atoms with Crippen LogP contribution in [0.15, 0.2) is 60.7 Å². The molecule has 3 aromatic carbocycles. The fraction of sp³-hybridized carbons (Fsp3) is 0. The molecule has 3 aromatic rings. The highest BCUT2D eigenvalue weighted by molar-refractivity contribution is 6.59. The molecular formula is C16H12BFO2. The second-order valence-electron chi connectivity index (χ2n) is 4.61. The van der Waals surface area contributed by atoms with Gasteiger partial charge in [0.05, 0.1) is 0 Å². The standard InChI is InChI=1S/C16H12BFO2/c18-16-13-9-5-4-8-12(13)14(10-15(16)17(19)20)11-6-2-1-3-7-11/h1-10,19-20H. The Morgan fingerprint density at radius 1 is 0.800 bits per heavy atom. The average Bonchev–Trinajstić information content (AvgIpc) is 2.48. The maximum absolute atomic E-state index is 14.3. The molecule has 0 unspecified atom stereocenters. The zero-order chi connectivity index (χ0) is 14.1. The predicted molar refractivity (Wildman–Crippen MR) is 79.2 cm³/mol. The van der Waals surface area contributed by atoms with Crippen LogP contribution in [0.2, 0.25) is 0 Å². The molecule has 0 heterocycles. The second-order valence-corrected chi connectivity index (χ2v) is 4.61. The van der Waals surface area contributed by atoms with Crippen molar-refractivity contribution in [3.63, 3.8) is 0 Å². The zero-order valence-corrected chi connectivity index (χ0v) is 10.6. The number of benzene rings is 3. The van der Waals surface area contributed by atoms with E-state index in [-0.39, 0.29) is 5.46 Å². The van der Waals surface area contributed by atoms with Gasteiger partial charge >= 0.3 is 7.12 Å². The lowest BCUT2D eigenvalue weighted by atomic mass is 9.77. The summed E-state index contributed by atoms with van der Waals surface area (Å²) in [5, 5.41) is 19.8. The van der Waals surface area contributed by atoms with Gasteiger partial charge in [0.2, 0.25) is 0 Å².